The summed E-state index contributed by atoms with van der Waals surface area (Å²) in [6.45, 7) is 3.42. The van der Waals surface area contributed by atoms with Crippen LogP contribution < -0.4 is 11.2 Å². The first kappa shape index (κ1) is 18.2. The molecule has 1 atom stereocenters. The zero-order valence-corrected chi connectivity index (χ0v) is 15.7. The molecule has 3 aromatic rings. The van der Waals surface area contributed by atoms with Crippen molar-refractivity contribution in [3.8, 4) is 5.69 Å². The molecule has 1 fully saturated rings. The van der Waals surface area contributed by atoms with E-state index in [1.807, 2.05) is 0 Å². The van der Waals surface area contributed by atoms with E-state index in [1.54, 1.807) is 22.7 Å². The summed E-state index contributed by atoms with van der Waals surface area (Å²) in [5.41, 5.74) is -0.202. The Bertz CT molecular complexity index is 1170. The van der Waals surface area contributed by atoms with Gasteiger partial charge in [0.25, 0.3) is 11.5 Å². The van der Waals surface area contributed by atoms with E-state index in [1.165, 1.54) is 24.3 Å². The third-order valence-electron chi connectivity index (χ3n) is 5.28. The number of nitrogens with zero attached hydrogens (tertiary/aromatic N) is 3. The summed E-state index contributed by atoms with van der Waals surface area (Å²) < 4.78 is 15.7. The van der Waals surface area contributed by atoms with Gasteiger partial charge in [-0.1, -0.05) is 6.92 Å². The standard InChI is InChI=1S/C20H21FN4O3/c1-12-4-3-9-24(10-12)18(26)15-11-23(2)17-16(15)22-20(28)25(19(17)27)14-7-5-13(21)6-8-14/h5-8,11-12H,3-4,9-10H2,1-2H3,(H,22,28)/t12-/m1/s1. The highest BCUT2D eigenvalue weighted by atomic mass is 19.1. The number of hydrogen-bond acceptors (Lipinski definition) is 3. The molecule has 1 aromatic carbocycles. The number of fused-ring (bicyclic) bond motifs is 1. The second-order valence-electron chi connectivity index (χ2n) is 7.42. The fourth-order valence-corrected chi connectivity index (χ4v) is 3.90. The molecule has 8 heteroatoms. The van der Waals surface area contributed by atoms with E-state index in [0.29, 0.717) is 24.6 Å². The maximum Gasteiger partial charge on any atom is 0.333 e. The Labute approximate surface area is 160 Å². The van der Waals surface area contributed by atoms with Crippen molar-refractivity contribution in [3.63, 3.8) is 0 Å². The van der Waals surface area contributed by atoms with Crippen LogP contribution in [0.1, 0.15) is 30.1 Å². The molecule has 1 amide bonds. The van der Waals surface area contributed by atoms with Crippen molar-refractivity contribution in [2.45, 2.75) is 19.8 Å². The Morgan fingerprint density at radius 3 is 2.61 bits per heavy atom. The van der Waals surface area contributed by atoms with Gasteiger partial charge >= 0.3 is 5.69 Å². The molecule has 7 nitrogen and oxygen atoms in total. The summed E-state index contributed by atoms with van der Waals surface area (Å²) in [6.07, 6.45) is 3.60. The van der Waals surface area contributed by atoms with Crippen molar-refractivity contribution < 1.29 is 9.18 Å². The highest BCUT2D eigenvalue weighted by molar-refractivity contribution is 6.05. The lowest BCUT2D eigenvalue weighted by atomic mass is 10.00. The van der Waals surface area contributed by atoms with Gasteiger partial charge in [-0.2, -0.15) is 0 Å². The molecule has 0 spiro atoms. The van der Waals surface area contributed by atoms with E-state index in [9.17, 15) is 18.8 Å². The SMILES string of the molecule is C[C@@H]1CCCN(C(=O)c2cn(C)c3c(=O)n(-c4ccc(F)cc4)c(=O)[nH]c23)C1. The van der Waals surface area contributed by atoms with Crippen LogP contribution in [0.3, 0.4) is 0 Å². The molecular weight excluding hydrogens is 363 g/mol. The van der Waals surface area contributed by atoms with Gasteiger partial charge in [-0.05, 0) is 43.0 Å². The predicted octanol–water partition coefficient (Wildman–Crippen LogP) is 2.03. The third kappa shape index (κ3) is 2.94. The monoisotopic (exact) mass is 384 g/mol. The van der Waals surface area contributed by atoms with Gasteiger partial charge in [0.2, 0.25) is 0 Å². The van der Waals surface area contributed by atoms with Gasteiger partial charge < -0.3 is 14.5 Å². The number of aromatic nitrogens is 3. The van der Waals surface area contributed by atoms with Gasteiger partial charge in [0.15, 0.2) is 0 Å². The zero-order valence-electron chi connectivity index (χ0n) is 15.7. The van der Waals surface area contributed by atoms with E-state index < -0.39 is 17.1 Å². The summed E-state index contributed by atoms with van der Waals surface area (Å²) in [6, 6.07) is 5.09. The number of likely N-dealkylation sites (tertiary alicyclic amines) is 1. The number of halogens is 1. The Hall–Kier alpha value is -3.16. The fraction of sp³-hybridized carbons (Fsp3) is 0.350. The smallest absolute Gasteiger partial charge is 0.333 e. The van der Waals surface area contributed by atoms with Gasteiger partial charge in [-0.3, -0.25) is 9.59 Å². The summed E-state index contributed by atoms with van der Waals surface area (Å²) in [4.78, 5) is 43.1. The number of amides is 1. The van der Waals surface area contributed by atoms with Crippen LogP contribution in [0.25, 0.3) is 16.7 Å². The topological polar surface area (TPSA) is 80.1 Å². The summed E-state index contributed by atoms with van der Waals surface area (Å²) in [5.74, 6) is -0.231. The number of rotatable bonds is 2. The van der Waals surface area contributed by atoms with Crippen molar-refractivity contribution in [2.24, 2.45) is 13.0 Å². The van der Waals surface area contributed by atoms with Crippen LogP contribution in [0.2, 0.25) is 0 Å². The van der Waals surface area contributed by atoms with E-state index in [0.717, 1.165) is 17.4 Å². The maximum absolute atomic E-state index is 13.2. The van der Waals surface area contributed by atoms with Crippen molar-refractivity contribution >= 4 is 16.9 Å². The van der Waals surface area contributed by atoms with E-state index in [2.05, 4.69) is 11.9 Å². The number of benzene rings is 1. The third-order valence-corrected chi connectivity index (χ3v) is 5.28. The lowest BCUT2D eigenvalue weighted by molar-refractivity contribution is 0.0684. The predicted molar refractivity (Wildman–Crippen MR) is 103 cm³/mol. The van der Waals surface area contributed by atoms with Crippen molar-refractivity contribution in [3.05, 3.63) is 62.7 Å². The number of H-pyrrole nitrogens is 1. The minimum Gasteiger partial charge on any atom is -0.344 e. The lowest BCUT2D eigenvalue weighted by Gasteiger charge is -2.30. The van der Waals surface area contributed by atoms with Crippen molar-refractivity contribution in [1.82, 2.24) is 19.0 Å². The molecule has 1 saturated heterocycles. The normalized spacial score (nSPS) is 17.2. The van der Waals surface area contributed by atoms with Crippen LogP contribution in [0.5, 0.6) is 0 Å². The van der Waals surface area contributed by atoms with Gasteiger partial charge in [-0.25, -0.2) is 13.8 Å². The highest BCUT2D eigenvalue weighted by Gasteiger charge is 2.26. The van der Waals surface area contributed by atoms with Crippen LogP contribution in [0.4, 0.5) is 4.39 Å². The number of nitrogens with one attached hydrogen (secondary N) is 1. The molecule has 146 valence electrons. The van der Waals surface area contributed by atoms with Crippen LogP contribution in [-0.4, -0.2) is 38.0 Å². The molecule has 1 aliphatic rings. The molecule has 28 heavy (non-hydrogen) atoms. The molecule has 2 aromatic heterocycles. The lowest BCUT2D eigenvalue weighted by Crippen LogP contribution is -2.39. The van der Waals surface area contributed by atoms with Gasteiger partial charge in [-0.15, -0.1) is 0 Å². The Balaban J connectivity index is 1.86. The van der Waals surface area contributed by atoms with Crippen LogP contribution in [0.15, 0.2) is 40.1 Å². The Kier molecular flexibility index (Phi) is 4.41. The molecule has 0 bridgehead atoms. The first-order valence-corrected chi connectivity index (χ1v) is 9.26. The molecule has 1 aliphatic heterocycles. The largest absolute Gasteiger partial charge is 0.344 e. The molecule has 0 saturated carbocycles. The second kappa shape index (κ2) is 6.78. The number of aryl methyl sites for hydroxylation is 1. The zero-order chi connectivity index (χ0) is 20.0. The minimum atomic E-state index is -0.670. The Morgan fingerprint density at radius 2 is 1.93 bits per heavy atom. The van der Waals surface area contributed by atoms with E-state index in [-0.39, 0.29) is 22.6 Å². The molecule has 4 rings (SSSR count). The summed E-state index contributed by atoms with van der Waals surface area (Å²) in [7, 11) is 1.66. The molecule has 0 radical (unpaired) electrons. The minimum absolute atomic E-state index is 0.188. The van der Waals surface area contributed by atoms with Crippen molar-refractivity contribution in [2.75, 3.05) is 13.1 Å². The fourth-order valence-electron chi connectivity index (χ4n) is 3.90. The van der Waals surface area contributed by atoms with Crippen LogP contribution in [0, 0.1) is 11.7 Å². The molecule has 0 unspecified atom stereocenters. The van der Waals surface area contributed by atoms with E-state index in [4.69, 9.17) is 0 Å². The van der Waals surface area contributed by atoms with Crippen LogP contribution in [-0.2, 0) is 7.05 Å². The number of carbonyl (C=O) groups is 1. The van der Waals surface area contributed by atoms with Crippen molar-refractivity contribution in [1.29, 1.82) is 0 Å². The number of piperidine rings is 1. The number of aromatic amines is 1. The molecule has 0 aliphatic carbocycles. The van der Waals surface area contributed by atoms with Gasteiger partial charge in [0.1, 0.15) is 11.3 Å². The molecular formula is C20H21FN4O3. The first-order valence-electron chi connectivity index (χ1n) is 9.26. The molecule has 1 N–H and O–H groups in total. The quantitative estimate of drug-likeness (QED) is 0.734. The summed E-state index contributed by atoms with van der Waals surface area (Å²) >= 11 is 0. The highest BCUT2D eigenvalue weighted by Crippen LogP contribution is 2.21. The number of carbonyl (C=O) groups excluding carboxylic acids is 1. The van der Waals surface area contributed by atoms with E-state index >= 15 is 0 Å². The summed E-state index contributed by atoms with van der Waals surface area (Å²) in [5, 5.41) is 0. The first-order chi connectivity index (χ1) is 13.4. The average Bonchev–Trinajstić information content (AvgIpc) is 2.99. The van der Waals surface area contributed by atoms with Gasteiger partial charge in [0, 0.05) is 26.3 Å². The average molecular weight is 384 g/mol. The second-order valence-corrected chi connectivity index (χ2v) is 7.42. The molecule has 3 heterocycles. The van der Waals surface area contributed by atoms with Gasteiger partial charge in [0.05, 0.1) is 16.8 Å². The van der Waals surface area contributed by atoms with Crippen LogP contribution >= 0.6 is 0 Å². The number of hydrogen-bond donors (Lipinski definition) is 1. The maximum atomic E-state index is 13.2. The Morgan fingerprint density at radius 1 is 1.21 bits per heavy atom.